The van der Waals surface area contributed by atoms with Crippen molar-refractivity contribution in [2.75, 3.05) is 18.0 Å². The molecule has 1 saturated heterocycles. The molecular weight excluding hydrogens is 376 g/mol. The van der Waals surface area contributed by atoms with Gasteiger partial charge in [-0.15, -0.1) is 0 Å². The van der Waals surface area contributed by atoms with E-state index < -0.39 is 11.6 Å². The van der Waals surface area contributed by atoms with Gasteiger partial charge in [-0.25, -0.2) is 9.78 Å². The van der Waals surface area contributed by atoms with E-state index in [0.29, 0.717) is 38.2 Å². The molecule has 6 nitrogen and oxygen atoms in total. The van der Waals surface area contributed by atoms with Gasteiger partial charge >= 0.3 is 6.03 Å². The van der Waals surface area contributed by atoms with Crippen molar-refractivity contribution in [3.63, 3.8) is 0 Å². The Morgan fingerprint density at radius 1 is 1.07 bits per heavy atom. The number of anilines is 1. The Morgan fingerprint density at radius 3 is 2.57 bits per heavy atom. The summed E-state index contributed by atoms with van der Waals surface area (Å²) >= 11 is 0. The summed E-state index contributed by atoms with van der Waals surface area (Å²) in [5, 5.41) is 1.05. The second-order valence-corrected chi connectivity index (χ2v) is 8.29. The second kappa shape index (κ2) is 6.83. The summed E-state index contributed by atoms with van der Waals surface area (Å²) in [4.78, 5) is 33.6. The van der Waals surface area contributed by atoms with Gasteiger partial charge in [0.2, 0.25) is 5.91 Å². The average Bonchev–Trinajstić information content (AvgIpc) is 2.74. The summed E-state index contributed by atoms with van der Waals surface area (Å²) < 4.78 is 0. The van der Waals surface area contributed by atoms with E-state index in [9.17, 15) is 9.59 Å². The molecule has 0 aliphatic carbocycles. The molecule has 0 bridgehead atoms. The number of aromatic nitrogens is 1. The van der Waals surface area contributed by atoms with Gasteiger partial charge in [-0.1, -0.05) is 36.4 Å². The quantitative estimate of drug-likeness (QED) is 0.679. The average molecular weight is 400 g/mol. The highest BCUT2D eigenvalue weighted by Crippen LogP contribution is 2.45. The Hall–Kier alpha value is -3.41. The van der Waals surface area contributed by atoms with Gasteiger partial charge in [0.25, 0.3) is 0 Å². The lowest BCUT2D eigenvalue weighted by Gasteiger charge is -2.51. The molecule has 2 aliphatic rings. The first kappa shape index (κ1) is 18.6. The van der Waals surface area contributed by atoms with E-state index in [2.05, 4.69) is 18.2 Å². The van der Waals surface area contributed by atoms with Gasteiger partial charge in [-0.2, -0.15) is 0 Å². The zero-order valence-corrected chi connectivity index (χ0v) is 17.0. The van der Waals surface area contributed by atoms with Crippen molar-refractivity contribution in [3.8, 4) is 0 Å². The van der Waals surface area contributed by atoms with Crippen LogP contribution in [0.25, 0.3) is 10.9 Å². The molecule has 2 aromatic carbocycles. The molecule has 5 rings (SSSR count). The van der Waals surface area contributed by atoms with E-state index in [4.69, 9.17) is 10.7 Å². The zero-order chi connectivity index (χ0) is 20.9. The van der Waals surface area contributed by atoms with Crippen LogP contribution >= 0.6 is 0 Å². The van der Waals surface area contributed by atoms with Gasteiger partial charge in [0, 0.05) is 18.5 Å². The molecule has 2 N–H and O–H groups in total. The number of primary amides is 1. The minimum absolute atomic E-state index is 0.0423. The number of pyridine rings is 1. The van der Waals surface area contributed by atoms with E-state index >= 15 is 0 Å². The smallest absolute Gasteiger partial charge is 0.314 e. The second-order valence-electron chi connectivity index (χ2n) is 8.29. The fourth-order valence-corrected chi connectivity index (χ4v) is 5.01. The lowest BCUT2D eigenvalue weighted by Crippen LogP contribution is -2.60. The highest BCUT2D eigenvalue weighted by atomic mass is 16.2. The standard InChI is InChI=1S/C24H24N4O2/c1-16-6-7-17-8-9-21(26-20(17)14-16)28-22(29)15-18-4-2-3-5-19(18)24(28)10-12-27(13-11-24)23(25)30/h2-9,14H,10-13,15H2,1H3,(H2,25,30). The molecule has 30 heavy (non-hydrogen) atoms. The van der Waals surface area contributed by atoms with Crippen LogP contribution in [0, 0.1) is 6.92 Å². The number of urea groups is 1. The Balaban J connectivity index is 1.66. The third kappa shape index (κ3) is 2.83. The highest BCUT2D eigenvalue weighted by molar-refractivity contribution is 5.99. The molecule has 3 aromatic rings. The number of nitrogens with zero attached hydrogens (tertiary/aromatic N) is 3. The predicted octanol–water partition coefficient (Wildman–Crippen LogP) is 3.50. The minimum atomic E-state index is -0.525. The monoisotopic (exact) mass is 400 g/mol. The van der Waals surface area contributed by atoms with Crippen LogP contribution in [0.1, 0.15) is 29.5 Å². The topological polar surface area (TPSA) is 79.5 Å². The Labute approximate surface area is 175 Å². The summed E-state index contributed by atoms with van der Waals surface area (Å²) in [6.07, 6.45) is 1.61. The third-order valence-corrected chi connectivity index (χ3v) is 6.50. The number of amides is 3. The number of rotatable bonds is 1. The Kier molecular flexibility index (Phi) is 4.24. The lowest BCUT2D eigenvalue weighted by atomic mass is 9.74. The number of carbonyl (C=O) groups is 2. The van der Waals surface area contributed by atoms with Crippen LogP contribution in [0.4, 0.5) is 10.6 Å². The van der Waals surface area contributed by atoms with E-state index in [1.807, 2.05) is 48.2 Å². The first-order valence-corrected chi connectivity index (χ1v) is 10.3. The zero-order valence-electron chi connectivity index (χ0n) is 17.0. The SMILES string of the molecule is Cc1ccc2ccc(N3C(=O)Cc4ccccc4C34CCN(C(N)=O)CC4)nc2c1. The summed E-state index contributed by atoms with van der Waals surface area (Å²) in [5.74, 6) is 0.709. The van der Waals surface area contributed by atoms with Gasteiger partial charge < -0.3 is 10.6 Å². The van der Waals surface area contributed by atoms with Crippen LogP contribution in [-0.4, -0.2) is 34.9 Å². The van der Waals surface area contributed by atoms with Crippen molar-refractivity contribution < 1.29 is 9.59 Å². The molecule has 0 radical (unpaired) electrons. The number of hydrogen-bond acceptors (Lipinski definition) is 3. The van der Waals surface area contributed by atoms with Crippen molar-refractivity contribution >= 4 is 28.7 Å². The van der Waals surface area contributed by atoms with Crippen molar-refractivity contribution in [1.29, 1.82) is 0 Å². The van der Waals surface area contributed by atoms with Gasteiger partial charge in [0.1, 0.15) is 5.82 Å². The predicted molar refractivity (Wildman–Crippen MR) is 116 cm³/mol. The fraction of sp³-hybridized carbons (Fsp3) is 0.292. The molecule has 1 fully saturated rings. The number of piperidine rings is 1. The lowest BCUT2D eigenvalue weighted by molar-refractivity contribution is -0.120. The number of hydrogen-bond donors (Lipinski definition) is 1. The van der Waals surface area contributed by atoms with Crippen LogP contribution in [0.2, 0.25) is 0 Å². The van der Waals surface area contributed by atoms with E-state index in [-0.39, 0.29) is 5.91 Å². The molecule has 152 valence electrons. The summed E-state index contributed by atoms with van der Waals surface area (Å²) in [6, 6.07) is 17.8. The normalized spacial score (nSPS) is 18.0. The fourth-order valence-electron chi connectivity index (χ4n) is 5.01. The molecule has 3 amide bonds. The molecule has 0 saturated carbocycles. The highest BCUT2D eigenvalue weighted by Gasteiger charge is 2.49. The summed E-state index contributed by atoms with van der Waals surface area (Å²) in [6.45, 7) is 3.07. The van der Waals surface area contributed by atoms with Gasteiger partial charge in [0.05, 0.1) is 17.5 Å². The van der Waals surface area contributed by atoms with Crippen molar-refractivity contribution in [1.82, 2.24) is 9.88 Å². The van der Waals surface area contributed by atoms with Gasteiger partial charge in [-0.3, -0.25) is 9.69 Å². The number of likely N-dealkylation sites (tertiary alicyclic amines) is 1. The summed E-state index contributed by atoms with van der Waals surface area (Å²) in [5.41, 5.74) is 9.22. The first-order valence-electron chi connectivity index (χ1n) is 10.3. The van der Waals surface area contributed by atoms with Crippen LogP contribution < -0.4 is 10.6 Å². The molecule has 6 heteroatoms. The Morgan fingerprint density at radius 2 is 1.80 bits per heavy atom. The van der Waals surface area contributed by atoms with Crippen molar-refractivity contribution in [2.45, 2.75) is 31.7 Å². The van der Waals surface area contributed by atoms with Crippen molar-refractivity contribution in [2.24, 2.45) is 5.73 Å². The molecule has 3 heterocycles. The maximum absolute atomic E-state index is 13.4. The number of nitrogens with two attached hydrogens (primary N) is 1. The minimum Gasteiger partial charge on any atom is -0.351 e. The van der Waals surface area contributed by atoms with Crippen LogP contribution in [0.15, 0.2) is 54.6 Å². The largest absolute Gasteiger partial charge is 0.351 e. The molecular formula is C24H24N4O2. The molecule has 0 atom stereocenters. The van der Waals surface area contributed by atoms with E-state index in [1.54, 1.807) is 4.90 Å². The number of aryl methyl sites for hydroxylation is 1. The van der Waals surface area contributed by atoms with Crippen LogP contribution in [-0.2, 0) is 16.8 Å². The Bertz CT molecular complexity index is 1160. The molecule has 1 spiro atoms. The molecule has 1 aromatic heterocycles. The van der Waals surface area contributed by atoms with E-state index in [0.717, 1.165) is 27.6 Å². The third-order valence-electron chi connectivity index (χ3n) is 6.50. The van der Waals surface area contributed by atoms with Crippen molar-refractivity contribution in [3.05, 3.63) is 71.3 Å². The maximum atomic E-state index is 13.4. The van der Waals surface area contributed by atoms with E-state index in [1.165, 1.54) is 0 Å². The number of carbonyl (C=O) groups excluding carboxylic acids is 2. The maximum Gasteiger partial charge on any atom is 0.314 e. The van der Waals surface area contributed by atoms with Crippen LogP contribution in [0.3, 0.4) is 0 Å². The van der Waals surface area contributed by atoms with Crippen LogP contribution in [0.5, 0.6) is 0 Å². The van der Waals surface area contributed by atoms with Gasteiger partial charge in [-0.05, 0) is 54.7 Å². The summed E-state index contributed by atoms with van der Waals surface area (Å²) in [7, 11) is 0. The number of benzene rings is 2. The molecule has 0 unspecified atom stereocenters. The van der Waals surface area contributed by atoms with Gasteiger partial charge in [0.15, 0.2) is 0 Å². The molecule has 2 aliphatic heterocycles. The number of fused-ring (bicyclic) bond motifs is 3. The first-order chi connectivity index (χ1) is 14.5.